The van der Waals surface area contributed by atoms with Gasteiger partial charge in [-0.15, -0.1) is 0 Å². The summed E-state index contributed by atoms with van der Waals surface area (Å²) in [5.74, 6) is -0.993. The van der Waals surface area contributed by atoms with Crippen molar-refractivity contribution in [3.05, 3.63) is 62.1 Å². The third-order valence-corrected chi connectivity index (χ3v) is 4.38. The first-order valence-corrected chi connectivity index (χ1v) is 8.45. The number of nitrogens with one attached hydrogen (secondary N) is 2. The molecule has 0 aromatic heterocycles. The van der Waals surface area contributed by atoms with E-state index in [1.807, 2.05) is 0 Å². The first-order valence-electron chi connectivity index (χ1n) is 7.69. The van der Waals surface area contributed by atoms with Gasteiger partial charge in [0.25, 0.3) is 11.6 Å². The van der Waals surface area contributed by atoms with Gasteiger partial charge in [-0.25, -0.2) is 0 Å². The lowest BCUT2D eigenvalue weighted by Gasteiger charge is -2.18. The van der Waals surface area contributed by atoms with Crippen LogP contribution in [-0.4, -0.2) is 42.3 Å². The second-order valence-electron chi connectivity index (χ2n) is 5.58. The van der Waals surface area contributed by atoms with E-state index in [2.05, 4.69) is 10.6 Å². The van der Waals surface area contributed by atoms with E-state index in [1.54, 1.807) is 13.1 Å². The van der Waals surface area contributed by atoms with Gasteiger partial charge in [0.15, 0.2) is 0 Å². The second-order valence-corrected chi connectivity index (χ2v) is 6.39. The summed E-state index contributed by atoms with van der Waals surface area (Å²) in [6.45, 7) is -0.259. The number of nitro benzene ring substituents is 1. The summed E-state index contributed by atoms with van der Waals surface area (Å²) in [6.07, 6.45) is 0. The average molecular weight is 411 g/mol. The Morgan fingerprint density at radius 3 is 2.44 bits per heavy atom. The lowest BCUT2D eigenvalue weighted by atomic mass is 10.1. The molecule has 0 spiro atoms. The summed E-state index contributed by atoms with van der Waals surface area (Å²) in [6, 6.07) is 8.50. The maximum absolute atomic E-state index is 12.6. The zero-order valence-corrected chi connectivity index (χ0v) is 16.0. The fourth-order valence-corrected chi connectivity index (χ4v) is 2.61. The van der Waals surface area contributed by atoms with Crippen LogP contribution in [0.3, 0.4) is 0 Å². The number of carbonyl (C=O) groups is 2. The molecule has 0 saturated heterocycles. The van der Waals surface area contributed by atoms with Crippen LogP contribution in [0.2, 0.25) is 10.0 Å². The predicted molar refractivity (Wildman–Crippen MR) is 105 cm³/mol. The number of nitrogens with zero attached hydrogens (tertiary/aromatic N) is 2. The van der Waals surface area contributed by atoms with Gasteiger partial charge < -0.3 is 15.5 Å². The van der Waals surface area contributed by atoms with Crippen LogP contribution in [-0.2, 0) is 4.79 Å². The molecule has 0 heterocycles. The quantitative estimate of drug-likeness (QED) is 0.558. The van der Waals surface area contributed by atoms with Crippen LogP contribution in [0.25, 0.3) is 0 Å². The van der Waals surface area contributed by atoms with Crippen LogP contribution >= 0.6 is 23.2 Å². The van der Waals surface area contributed by atoms with Crippen molar-refractivity contribution in [2.45, 2.75) is 0 Å². The molecule has 10 heteroatoms. The summed E-state index contributed by atoms with van der Waals surface area (Å²) in [5.41, 5.74) is 0.728. The monoisotopic (exact) mass is 410 g/mol. The number of anilines is 2. The topological polar surface area (TPSA) is 105 Å². The number of hydrogen-bond acceptors (Lipinski definition) is 5. The van der Waals surface area contributed by atoms with Gasteiger partial charge in [0, 0.05) is 37.6 Å². The molecule has 2 rings (SSSR count). The van der Waals surface area contributed by atoms with Crippen molar-refractivity contribution in [1.29, 1.82) is 0 Å². The second kappa shape index (κ2) is 8.70. The van der Waals surface area contributed by atoms with Crippen molar-refractivity contribution in [2.75, 3.05) is 31.3 Å². The summed E-state index contributed by atoms with van der Waals surface area (Å²) >= 11 is 11.7. The molecule has 27 heavy (non-hydrogen) atoms. The molecule has 0 aliphatic heterocycles. The van der Waals surface area contributed by atoms with Gasteiger partial charge >= 0.3 is 0 Å². The average Bonchev–Trinajstić information content (AvgIpc) is 2.63. The molecule has 142 valence electrons. The Labute approximate surface area is 165 Å². The molecule has 0 atom stereocenters. The van der Waals surface area contributed by atoms with Gasteiger partial charge in [-0.1, -0.05) is 23.2 Å². The zero-order valence-electron chi connectivity index (χ0n) is 14.5. The van der Waals surface area contributed by atoms with Crippen LogP contribution in [0.15, 0.2) is 36.4 Å². The van der Waals surface area contributed by atoms with E-state index in [0.29, 0.717) is 16.4 Å². The van der Waals surface area contributed by atoms with Gasteiger partial charge in [-0.2, -0.15) is 0 Å². The SMILES string of the molecule is CNc1ccc([N+](=O)[O-])cc1C(=O)N(C)CC(=O)Nc1ccc(Cl)c(Cl)c1. The third-order valence-electron chi connectivity index (χ3n) is 3.64. The van der Waals surface area contributed by atoms with Crippen LogP contribution in [0, 0.1) is 10.1 Å². The molecule has 0 saturated carbocycles. The summed E-state index contributed by atoms with van der Waals surface area (Å²) in [4.78, 5) is 36.3. The Bertz CT molecular complexity index is 904. The third kappa shape index (κ3) is 5.08. The van der Waals surface area contributed by atoms with Crippen molar-refractivity contribution in [2.24, 2.45) is 0 Å². The standard InChI is InChI=1S/C17H16Cl2N4O4/c1-20-15-6-4-11(23(26)27)8-12(15)17(25)22(2)9-16(24)21-10-3-5-13(18)14(19)7-10/h3-8,20H,9H2,1-2H3,(H,21,24). The van der Waals surface area contributed by atoms with Gasteiger partial charge in [-0.3, -0.25) is 19.7 Å². The molecule has 0 unspecified atom stereocenters. The number of non-ortho nitro benzene ring substituents is 1. The van der Waals surface area contributed by atoms with Gasteiger partial charge in [0.2, 0.25) is 5.91 Å². The highest BCUT2D eigenvalue weighted by atomic mass is 35.5. The number of rotatable bonds is 6. The van der Waals surface area contributed by atoms with E-state index < -0.39 is 16.7 Å². The minimum absolute atomic E-state index is 0.0940. The Kier molecular flexibility index (Phi) is 6.59. The maximum atomic E-state index is 12.6. The Morgan fingerprint density at radius 1 is 1.15 bits per heavy atom. The lowest BCUT2D eigenvalue weighted by molar-refractivity contribution is -0.384. The Hall–Kier alpha value is -2.84. The highest BCUT2D eigenvalue weighted by Gasteiger charge is 2.21. The Balaban J connectivity index is 2.12. The van der Waals surface area contributed by atoms with Crippen molar-refractivity contribution in [1.82, 2.24) is 4.90 Å². The number of amides is 2. The lowest BCUT2D eigenvalue weighted by Crippen LogP contribution is -2.35. The van der Waals surface area contributed by atoms with Crippen LogP contribution in [0.5, 0.6) is 0 Å². The number of benzene rings is 2. The molecule has 0 aliphatic rings. The van der Waals surface area contributed by atoms with E-state index >= 15 is 0 Å². The van der Waals surface area contributed by atoms with Crippen molar-refractivity contribution in [3.63, 3.8) is 0 Å². The van der Waals surface area contributed by atoms with Crippen LogP contribution < -0.4 is 10.6 Å². The number of hydrogen-bond donors (Lipinski definition) is 2. The number of carbonyl (C=O) groups excluding carboxylic acids is 2. The van der Waals surface area contributed by atoms with E-state index in [9.17, 15) is 19.7 Å². The number of halogens is 2. The molecule has 2 amide bonds. The molecular formula is C17H16Cl2N4O4. The summed E-state index contributed by atoms with van der Waals surface area (Å²) < 4.78 is 0. The summed E-state index contributed by atoms with van der Waals surface area (Å²) in [7, 11) is 3.02. The zero-order chi connectivity index (χ0) is 20.1. The molecule has 2 N–H and O–H groups in total. The van der Waals surface area contributed by atoms with E-state index in [-0.39, 0.29) is 22.8 Å². The molecule has 2 aromatic carbocycles. The maximum Gasteiger partial charge on any atom is 0.270 e. The van der Waals surface area contributed by atoms with Crippen LogP contribution in [0.1, 0.15) is 10.4 Å². The smallest absolute Gasteiger partial charge is 0.270 e. The molecular weight excluding hydrogens is 395 g/mol. The molecule has 0 fully saturated rings. The van der Waals surface area contributed by atoms with Gasteiger partial charge in [0.05, 0.1) is 27.1 Å². The summed E-state index contributed by atoms with van der Waals surface area (Å²) in [5, 5.41) is 17.0. The Morgan fingerprint density at radius 2 is 1.85 bits per heavy atom. The number of likely N-dealkylation sites (N-methyl/N-ethyl adjacent to an activating group) is 1. The number of nitro groups is 1. The van der Waals surface area contributed by atoms with E-state index in [0.717, 1.165) is 4.90 Å². The normalized spacial score (nSPS) is 10.2. The first kappa shape index (κ1) is 20.5. The minimum atomic E-state index is -0.590. The molecule has 0 aliphatic carbocycles. The van der Waals surface area contributed by atoms with Crippen molar-refractivity contribution >= 4 is 52.1 Å². The molecule has 0 radical (unpaired) electrons. The van der Waals surface area contributed by atoms with Crippen molar-refractivity contribution in [3.8, 4) is 0 Å². The molecule has 8 nitrogen and oxygen atoms in total. The fourth-order valence-electron chi connectivity index (χ4n) is 2.31. The first-order chi connectivity index (χ1) is 12.7. The van der Waals surface area contributed by atoms with E-state index in [4.69, 9.17) is 23.2 Å². The van der Waals surface area contributed by atoms with Crippen molar-refractivity contribution < 1.29 is 14.5 Å². The van der Waals surface area contributed by atoms with Gasteiger partial charge in [-0.05, 0) is 24.3 Å². The highest BCUT2D eigenvalue weighted by molar-refractivity contribution is 6.42. The van der Waals surface area contributed by atoms with Gasteiger partial charge in [0.1, 0.15) is 0 Å². The van der Waals surface area contributed by atoms with E-state index in [1.165, 1.54) is 37.4 Å². The predicted octanol–water partition coefficient (Wildman–Crippen LogP) is 3.65. The fraction of sp³-hybridized carbons (Fsp3) is 0.176. The van der Waals surface area contributed by atoms with Crippen LogP contribution in [0.4, 0.5) is 17.1 Å². The molecule has 2 aromatic rings. The highest BCUT2D eigenvalue weighted by Crippen LogP contribution is 2.25. The largest absolute Gasteiger partial charge is 0.387 e. The molecule has 0 bridgehead atoms. The minimum Gasteiger partial charge on any atom is -0.387 e.